The Morgan fingerprint density at radius 2 is 2.28 bits per heavy atom. The summed E-state index contributed by atoms with van der Waals surface area (Å²) in [7, 11) is 0. The van der Waals surface area contributed by atoms with E-state index in [4.69, 9.17) is 5.11 Å². The smallest absolute Gasteiger partial charge is 0.327 e. The van der Waals surface area contributed by atoms with Crippen LogP contribution in [0.15, 0.2) is 0 Å². The van der Waals surface area contributed by atoms with E-state index < -0.39 is 24.0 Å². The Hall–Kier alpha value is -1.22. The predicted molar refractivity (Wildman–Crippen MR) is 67.5 cm³/mol. The average Bonchev–Trinajstić information content (AvgIpc) is 2.69. The zero-order valence-corrected chi connectivity index (χ0v) is 11.1. The van der Waals surface area contributed by atoms with Crippen LogP contribution in [-0.4, -0.2) is 50.9 Å². The van der Waals surface area contributed by atoms with Crippen LogP contribution in [0.25, 0.3) is 0 Å². The average molecular weight is 292 g/mol. The minimum atomic E-state index is -1.20. The second-order valence-corrected chi connectivity index (χ2v) is 5.53. The molecule has 0 aliphatic carbocycles. The van der Waals surface area contributed by atoms with E-state index in [0.717, 1.165) is 23.5 Å². The molecule has 9 heteroatoms. The molecular weight excluding hydrogens is 280 g/mol. The zero-order chi connectivity index (χ0) is 13.7. The van der Waals surface area contributed by atoms with Crippen LogP contribution in [0.1, 0.15) is 6.92 Å². The number of thioether (sulfide) groups is 2. The fourth-order valence-corrected chi connectivity index (χ4v) is 2.98. The van der Waals surface area contributed by atoms with Gasteiger partial charge in [0.15, 0.2) is 0 Å². The van der Waals surface area contributed by atoms with Gasteiger partial charge in [-0.3, -0.25) is 14.4 Å². The number of amides is 2. The van der Waals surface area contributed by atoms with Gasteiger partial charge in [0.1, 0.15) is 12.1 Å². The number of aliphatic carboxylic acids is 1. The van der Waals surface area contributed by atoms with Crippen LogP contribution in [0.4, 0.5) is 4.79 Å². The van der Waals surface area contributed by atoms with Crippen molar-refractivity contribution in [1.29, 1.82) is 0 Å². The molecule has 100 valence electrons. The third-order valence-corrected chi connectivity index (χ3v) is 3.97. The third kappa shape index (κ3) is 4.57. The van der Waals surface area contributed by atoms with Crippen molar-refractivity contribution in [3.63, 3.8) is 0 Å². The second kappa shape index (κ2) is 6.64. The number of hydrogen-bond acceptors (Lipinski definition) is 6. The predicted octanol–water partition coefficient (Wildman–Crippen LogP) is -0.340. The lowest BCUT2D eigenvalue weighted by Gasteiger charge is -2.13. The van der Waals surface area contributed by atoms with Gasteiger partial charge in [0, 0.05) is 18.4 Å². The van der Waals surface area contributed by atoms with Crippen molar-refractivity contribution < 1.29 is 24.3 Å². The van der Waals surface area contributed by atoms with Crippen LogP contribution < -0.4 is 10.6 Å². The molecule has 1 fully saturated rings. The molecule has 1 saturated heterocycles. The van der Waals surface area contributed by atoms with E-state index in [-0.39, 0.29) is 16.1 Å². The molecule has 1 rings (SSSR count). The lowest BCUT2D eigenvalue weighted by Crippen LogP contribution is -2.42. The monoisotopic (exact) mass is 292 g/mol. The van der Waals surface area contributed by atoms with Crippen molar-refractivity contribution in [2.45, 2.75) is 19.0 Å². The molecule has 2 amide bonds. The highest BCUT2D eigenvalue weighted by Crippen LogP contribution is 2.18. The van der Waals surface area contributed by atoms with Gasteiger partial charge in [0.05, 0.1) is 0 Å². The lowest BCUT2D eigenvalue weighted by atomic mass is 10.3. The summed E-state index contributed by atoms with van der Waals surface area (Å²) in [5.41, 5.74) is 0. The van der Waals surface area contributed by atoms with Crippen LogP contribution in [0.3, 0.4) is 0 Å². The maximum Gasteiger partial charge on any atom is 0.327 e. The summed E-state index contributed by atoms with van der Waals surface area (Å²) in [4.78, 5) is 44.1. The molecule has 0 unspecified atom stereocenters. The van der Waals surface area contributed by atoms with Crippen LogP contribution in [0.5, 0.6) is 0 Å². The first-order chi connectivity index (χ1) is 8.40. The van der Waals surface area contributed by atoms with Gasteiger partial charge in [0.25, 0.3) is 5.24 Å². The summed E-state index contributed by atoms with van der Waals surface area (Å²) >= 11 is 1.81. The largest absolute Gasteiger partial charge is 0.480 e. The van der Waals surface area contributed by atoms with Crippen LogP contribution in [0.2, 0.25) is 0 Å². The number of carboxylic acids is 1. The van der Waals surface area contributed by atoms with Crippen molar-refractivity contribution in [2.24, 2.45) is 0 Å². The molecule has 0 spiro atoms. The molecule has 1 heterocycles. The summed E-state index contributed by atoms with van der Waals surface area (Å²) in [5, 5.41) is 13.0. The standard InChI is InChI=1S/C9H12N2O5S2/c1-4(12)10-5(7(13)14)2-17-8(15)6-3-18-9(16)11-6/h5-6H,2-3H2,1H3,(H,10,12)(H,11,16)(H,13,14)/t5-,6+/m1/s1. The molecular formula is C9H12N2O5S2. The third-order valence-electron chi connectivity index (χ3n) is 2.03. The van der Waals surface area contributed by atoms with Gasteiger partial charge in [-0.2, -0.15) is 0 Å². The topological polar surface area (TPSA) is 113 Å². The van der Waals surface area contributed by atoms with E-state index in [1.54, 1.807) is 0 Å². The maximum absolute atomic E-state index is 11.6. The molecule has 0 bridgehead atoms. The van der Waals surface area contributed by atoms with Gasteiger partial charge in [-0.1, -0.05) is 23.5 Å². The second-order valence-electron chi connectivity index (χ2n) is 3.52. The molecule has 1 aliphatic rings. The van der Waals surface area contributed by atoms with Gasteiger partial charge in [-0.15, -0.1) is 0 Å². The highest BCUT2D eigenvalue weighted by atomic mass is 32.2. The first kappa shape index (κ1) is 14.8. The van der Waals surface area contributed by atoms with Crippen molar-refractivity contribution in [1.82, 2.24) is 10.6 Å². The number of nitrogens with one attached hydrogen (secondary N) is 2. The van der Waals surface area contributed by atoms with E-state index >= 15 is 0 Å². The molecule has 1 aliphatic heterocycles. The van der Waals surface area contributed by atoms with E-state index in [1.807, 2.05) is 0 Å². The minimum Gasteiger partial charge on any atom is -0.480 e. The molecule has 0 aromatic heterocycles. The Labute approximate surface area is 111 Å². The highest BCUT2D eigenvalue weighted by Gasteiger charge is 2.29. The Morgan fingerprint density at radius 3 is 2.72 bits per heavy atom. The van der Waals surface area contributed by atoms with E-state index in [9.17, 15) is 19.2 Å². The van der Waals surface area contributed by atoms with Crippen LogP contribution in [-0.2, 0) is 14.4 Å². The Bertz CT molecular complexity index is 387. The van der Waals surface area contributed by atoms with Crippen LogP contribution in [0, 0.1) is 0 Å². The Morgan fingerprint density at radius 1 is 1.61 bits per heavy atom. The first-order valence-electron chi connectivity index (χ1n) is 5.00. The van der Waals surface area contributed by atoms with Gasteiger partial charge < -0.3 is 15.7 Å². The maximum atomic E-state index is 11.6. The van der Waals surface area contributed by atoms with Crippen molar-refractivity contribution in [2.75, 3.05) is 11.5 Å². The van der Waals surface area contributed by atoms with E-state index in [0.29, 0.717) is 5.75 Å². The SMILES string of the molecule is CC(=O)N[C@H](CSC(=O)[C@@H]1CSC(=O)N1)C(=O)O. The Balaban J connectivity index is 2.42. The summed E-state index contributed by atoms with van der Waals surface area (Å²) in [6, 6.07) is -1.69. The summed E-state index contributed by atoms with van der Waals surface area (Å²) < 4.78 is 0. The number of carboxylic acid groups (broad SMARTS) is 1. The highest BCUT2D eigenvalue weighted by molar-refractivity contribution is 8.15. The van der Waals surface area contributed by atoms with Crippen LogP contribution >= 0.6 is 23.5 Å². The van der Waals surface area contributed by atoms with Crippen molar-refractivity contribution in [3.8, 4) is 0 Å². The molecule has 3 N–H and O–H groups in total. The lowest BCUT2D eigenvalue weighted by molar-refractivity contribution is -0.140. The fourth-order valence-electron chi connectivity index (χ4n) is 1.20. The van der Waals surface area contributed by atoms with Gasteiger partial charge in [0.2, 0.25) is 11.0 Å². The van der Waals surface area contributed by atoms with Crippen molar-refractivity contribution >= 4 is 45.8 Å². The fraction of sp³-hybridized carbons (Fsp3) is 0.556. The van der Waals surface area contributed by atoms with Crippen molar-refractivity contribution in [3.05, 3.63) is 0 Å². The summed E-state index contributed by atoms with van der Waals surface area (Å²) in [5.74, 6) is -1.39. The molecule has 0 saturated carbocycles. The molecule has 2 atom stereocenters. The molecule has 0 radical (unpaired) electrons. The molecule has 18 heavy (non-hydrogen) atoms. The van der Waals surface area contributed by atoms with Gasteiger partial charge in [-0.05, 0) is 0 Å². The minimum absolute atomic E-state index is 0.0647. The van der Waals surface area contributed by atoms with E-state index in [2.05, 4.69) is 10.6 Å². The number of carbonyl (C=O) groups is 4. The number of hydrogen-bond donors (Lipinski definition) is 3. The molecule has 0 aromatic rings. The number of carbonyl (C=O) groups excluding carboxylic acids is 3. The quantitative estimate of drug-likeness (QED) is 0.635. The Kier molecular flexibility index (Phi) is 5.48. The van der Waals surface area contributed by atoms with Gasteiger partial charge in [-0.25, -0.2) is 4.79 Å². The summed E-state index contributed by atoms with van der Waals surface area (Å²) in [6.45, 7) is 1.20. The van der Waals surface area contributed by atoms with E-state index in [1.165, 1.54) is 6.92 Å². The molecule has 7 nitrogen and oxygen atoms in total. The number of rotatable bonds is 5. The summed E-state index contributed by atoms with van der Waals surface area (Å²) in [6.07, 6.45) is 0. The molecule has 0 aromatic carbocycles. The normalized spacial score (nSPS) is 20.1. The first-order valence-corrected chi connectivity index (χ1v) is 6.97. The zero-order valence-electron chi connectivity index (χ0n) is 9.47. The van der Waals surface area contributed by atoms with Gasteiger partial charge >= 0.3 is 5.97 Å².